The molecule has 1 rings (SSSR count). The molecule has 13 heavy (non-hydrogen) atoms. The second-order valence-electron chi connectivity index (χ2n) is 3.30. The van der Waals surface area contributed by atoms with Crippen LogP contribution in [0.1, 0.15) is 25.7 Å². The fraction of sp³-hybridized carbons (Fsp3) is 0.750. The molecule has 1 aliphatic heterocycles. The van der Waals surface area contributed by atoms with Gasteiger partial charge in [0.2, 0.25) is 5.91 Å². The first-order valence-corrected chi connectivity index (χ1v) is 5.24. The van der Waals surface area contributed by atoms with E-state index in [4.69, 9.17) is 18.0 Å². The third-order valence-electron chi connectivity index (χ3n) is 2.31. The first-order chi connectivity index (χ1) is 6.11. The average Bonchev–Trinajstić information content (AvgIpc) is 2.03. The number of thiol groups is 1. The molecule has 1 aliphatic rings. The lowest BCUT2D eigenvalue weighted by molar-refractivity contribution is -0.119. The molecule has 0 aromatic heterocycles. The van der Waals surface area contributed by atoms with Gasteiger partial charge in [-0.25, -0.2) is 0 Å². The van der Waals surface area contributed by atoms with Gasteiger partial charge in [-0.3, -0.25) is 4.79 Å². The van der Waals surface area contributed by atoms with Crippen molar-refractivity contribution in [3.8, 4) is 0 Å². The summed E-state index contributed by atoms with van der Waals surface area (Å²) in [6.45, 7) is 0.903. The van der Waals surface area contributed by atoms with Crippen molar-refractivity contribution in [3.05, 3.63) is 0 Å². The van der Waals surface area contributed by atoms with Crippen LogP contribution in [-0.4, -0.2) is 27.7 Å². The van der Waals surface area contributed by atoms with E-state index in [1.54, 1.807) is 0 Å². The van der Waals surface area contributed by atoms with E-state index in [2.05, 4.69) is 12.6 Å². The Bertz CT molecular complexity index is 220. The molecule has 1 amide bonds. The van der Waals surface area contributed by atoms with Gasteiger partial charge in [-0.1, -0.05) is 12.2 Å². The molecule has 0 spiro atoms. The molecule has 0 bridgehead atoms. The summed E-state index contributed by atoms with van der Waals surface area (Å²) in [5.74, 6) is -0.263. The molecule has 5 heteroatoms. The lowest BCUT2D eigenvalue weighted by Crippen LogP contribution is -2.43. The molecular weight excluding hydrogens is 204 g/mol. The summed E-state index contributed by atoms with van der Waals surface area (Å²) in [6, 6.07) is 0.177. The molecule has 3 nitrogen and oxygen atoms in total. The van der Waals surface area contributed by atoms with E-state index in [0.717, 1.165) is 25.8 Å². The zero-order valence-corrected chi connectivity index (χ0v) is 9.11. The van der Waals surface area contributed by atoms with Crippen molar-refractivity contribution in [3.63, 3.8) is 0 Å². The molecule has 74 valence electrons. The molecule has 1 heterocycles. The lowest BCUT2D eigenvalue weighted by Gasteiger charge is -2.35. The standard InChI is InChI=1S/C8H14N2OS2/c9-7(11)5-6-3-1-2-4-10(6)8(12)13/h6H,1-5H2,(H2,9,11)(H,12,13). The van der Waals surface area contributed by atoms with Crippen LogP contribution in [0.4, 0.5) is 0 Å². The van der Waals surface area contributed by atoms with E-state index in [-0.39, 0.29) is 11.9 Å². The number of carbonyl (C=O) groups is 1. The van der Waals surface area contributed by atoms with Crippen LogP contribution in [0.3, 0.4) is 0 Å². The number of hydrogen-bond donors (Lipinski definition) is 2. The highest BCUT2D eigenvalue weighted by Gasteiger charge is 2.24. The lowest BCUT2D eigenvalue weighted by atomic mass is 10.00. The van der Waals surface area contributed by atoms with E-state index in [1.807, 2.05) is 4.90 Å². The molecular formula is C8H14N2OS2. The molecule has 1 fully saturated rings. The topological polar surface area (TPSA) is 46.3 Å². The van der Waals surface area contributed by atoms with Crippen LogP contribution in [0.25, 0.3) is 0 Å². The van der Waals surface area contributed by atoms with Crippen LogP contribution in [0.2, 0.25) is 0 Å². The predicted molar refractivity (Wildman–Crippen MR) is 59.7 cm³/mol. The zero-order chi connectivity index (χ0) is 9.84. The summed E-state index contributed by atoms with van der Waals surface area (Å²) in [4.78, 5) is 12.8. The van der Waals surface area contributed by atoms with Crippen LogP contribution < -0.4 is 5.73 Å². The molecule has 1 atom stereocenters. The third kappa shape index (κ3) is 3.15. The molecule has 2 N–H and O–H groups in total. The minimum atomic E-state index is -0.263. The summed E-state index contributed by atoms with van der Waals surface area (Å²) in [5, 5.41) is 0. The van der Waals surface area contributed by atoms with Gasteiger partial charge < -0.3 is 10.6 Å². The summed E-state index contributed by atoms with van der Waals surface area (Å²) < 4.78 is 0.575. The highest BCUT2D eigenvalue weighted by Crippen LogP contribution is 2.20. The van der Waals surface area contributed by atoms with Crippen molar-refractivity contribution in [2.45, 2.75) is 31.7 Å². The molecule has 1 saturated heterocycles. The number of primary amides is 1. The molecule has 0 aliphatic carbocycles. The largest absolute Gasteiger partial charge is 0.370 e. The Morgan fingerprint density at radius 1 is 1.62 bits per heavy atom. The SMILES string of the molecule is NC(=O)CC1CCCCN1C(=S)S. The van der Waals surface area contributed by atoms with E-state index < -0.39 is 0 Å². The maximum atomic E-state index is 10.8. The number of piperidine rings is 1. The Morgan fingerprint density at radius 2 is 2.31 bits per heavy atom. The van der Waals surface area contributed by atoms with E-state index in [0.29, 0.717) is 10.7 Å². The average molecular weight is 218 g/mol. The van der Waals surface area contributed by atoms with Crippen LogP contribution in [0, 0.1) is 0 Å². The van der Waals surface area contributed by atoms with Gasteiger partial charge in [-0.2, -0.15) is 0 Å². The van der Waals surface area contributed by atoms with Crippen LogP contribution in [0.15, 0.2) is 0 Å². The molecule has 0 saturated carbocycles. The van der Waals surface area contributed by atoms with Crippen LogP contribution >= 0.6 is 24.8 Å². The van der Waals surface area contributed by atoms with Crippen molar-refractivity contribution in [2.75, 3.05) is 6.54 Å². The maximum Gasteiger partial charge on any atom is 0.219 e. The molecule has 0 radical (unpaired) electrons. The Kier molecular flexibility index (Phi) is 3.99. The first-order valence-electron chi connectivity index (χ1n) is 4.39. The number of nitrogens with two attached hydrogens (primary N) is 1. The predicted octanol–water partition coefficient (Wildman–Crippen LogP) is 0.931. The smallest absolute Gasteiger partial charge is 0.219 e. The van der Waals surface area contributed by atoms with Gasteiger partial charge in [-0.05, 0) is 19.3 Å². The number of carbonyl (C=O) groups excluding carboxylic acids is 1. The van der Waals surface area contributed by atoms with Gasteiger partial charge in [0.05, 0.1) is 0 Å². The minimum absolute atomic E-state index is 0.177. The summed E-state index contributed by atoms with van der Waals surface area (Å²) in [6.07, 6.45) is 3.64. The fourth-order valence-electron chi connectivity index (χ4n) is 1.70. The van der Waals surface area contributed by atoms with E-state index in [1.165, 1.54) is 0 Å². The maximum absolute atomic E-state index is 10.8. The Morgan fingerprint density at radius 3 is 2.85 bits per heavy atom. The van der Waals surface area contributed by atoms with Crippen molar-refractivity contribution in [1.29, 1.82) is 0 Å². The number of rotatable bonds is 2. The van der Waals surface area contributed by atoms with Gasteiger partial charge in [0.1, 0.15) is 4.32 Å². The fourth-order valence-corrected chi connectivity index (χ4v) is 2.20. The zero-order valence-electron chi connectivity index (χ0n) is 7.40. The number of hydrogen-bond acceptors (Lipinski definition) is 2. The second kappa shape index (κ2) is 4.81. The number of nitrogens with zero attached hydrogens (tertiary/aromatic N) is 1. The summed E-state index contributed by atoms with van der Waals surface area (Å²) >= 11 is 9.11. The van der Waals surface area contributed by atoms with Gasteiger partial charge in [-0.15, -0.1) is 12.6 Å². The quantitative estimate of drug-likeness (QED) is 0.535. The Labute approximate surface area is 89.1 Å². The first kappa shape index (κ1) is 10.8. The van der Waals surface area contributed by atoms with Gasteiger partial charge in [0, 0.05) is 19.0 Å². The Balaban J connectivity index is 2.56. The second-order valence-corrected chi connectivity index (χ2v) is 4.41. The molecule has 0 aromatic carbocycles. The van der Waals surface area contributed by atoms with Gasteiger partial charge in [0.25, 0.3) is 0 Å². The molecule has 0 aromatic rings. The number of amides is 1. The number of likely N-dealkylation sites (tertiary alicyclic amines) is 1. The van der Waals surface area contributed by atoms with Gasteiger partial charge >= 0.3 is 0 Å². The van der Waals surface area contributed by atoms with Crippen LogP contribution in [0.5, 0.6) is 0 Å². The van der Waals surface area contributed by atoms with Gasteiger partial charge in [0.15, 0.2) is 0 Å². The van der Waals surface area contributed by atoms with Crippen molar-refractivity contribution in [1.82, 2.24) is 4.90 Å². The minimum Gasteiger partial charge on any atom is -0.370 e. The van der Waals surface area contributed by atoms with E-state index in [9.17, 15) is 4.79 Å². The Hall–Kier alpha value is -0.290. The normalized spacial score (nSPS) is 22.8. The highest BCUT2D eigenvalue weighted by atomic mass is 32.1. The van der Waals surface area contributed by atoms with Crippen molar-refractivity contribution >= 4 is 35.1 Å². The summed E-state index contributed by atoms with van der Waals surface area (Å²) in [7, 11) is 0. The van der Waals surface area contributed by atoms with E-state index >= 15 is 0 Å². The molecule has 1 unspecified atom stereocenters. The van der Waals surface area contributed by atoms with Crippen molar-refractivity contribution in [2.24, 2.45) is 5.73 Å². The monoisotopic (exact) mass is 218 g/mol. The van der Waals surface area contributed by atoms with Crippen LogP contribution in [-0.2, 0) is 4.79 Å². The van der Waals surface area contributed by atoms with Crippen molar-refractivity contribution < 1.29 is 4.79 Å². The third-order valence-corrected chi connectivity index (χ3v) is 2.80. The number of thiocarbonyl (C=S) groups is 1. The highest BCUT2D eigenvalue weighted by molar-refractivity contribution is 8.10. The summed E-state index contributed by atoms with van der Waals surface area (Å²) in [5.41, 5.74) is 5.15.